The van der Waals surface area contributed by atoms with E-state index in [0.717, 1.165) is 54.5 Å². The van der Waals surface area contributed by atoms with Crippen LogP contribution in [0.25, 0.3) is 0 Å². The number of aromatic nitrogens is 4. The molecule has 7 heteroatoms. The van der Waals surface area contributed by atoms with Gasteiger partial charge in [-0.2, -0.15) is 0 Å². The Bertz CT molecular complexity index is 917. The largest absolute Gasteiger partial charge is 0.497 e. The minimum absolute atomic E-state index is 0.101. The summed E-state index contributed by atoms with van der Waals surface area (Å²) in [5.74, 6) is 2.08. The molecule has 0 radical (unpaired) electrons. The Balaban J connectivity index is 1.65. The lowest BCUT2D eigenvalue weighted by atomic mass is 9.95. The van der Waals surface area contributed by atoms with Gasteiger partial charge in [-0.3, -0.25) is 4.90 Å². The van der Waals surface area contributed by atoms with Crippen LogP contribution >= 0.6 is 0 Å². The van der Waals surface area contributed by atoms with Gasteiger partial charge in [0, 0.05) is 0 Å². The zero-order valence-electron chi connectivity index (χ0n) is 16.8. The molecule has 0 amide bonds. The smallest absolute Gasteiger partial charge is 0.173 e. The molecule has 0 N–H and O–H groups in total. The predicted octanol–water partition coefficient (Wildman–Crippen LogP) is 3.69. The molecule has 152 valence electrons. The summed E-state index contributed by atoms with van der Waals surface area (Å²) in [4.78, 5) is 2.41. The molecule has 0 bridgehead atoms. The Morgan fingerprint density at radius 2 is 1.76 bits per heavy atom. The Morgan fingerprint density at radius 1 is 1.07 bits per heavy atom. The molecular weight excluding hydrogens is 369 g/mol. The third-order valence-corrected chi connectivity index (χ3v) is 5.66. The maximum absolute atomic E-state index is 13.5. The highest BCUT2D eigenvalue weighted by Gasteiger charge is 2.30. The van der Waals surface area contributed by atoms with Crippen LogP contribution in [-0.4, -0.2) is 45.3 Å². The SMILES string of the molecule is COc1ccc(Cn2nnnc2[C@@H](c2ccc(F)cc2)N2CCC(C)CC2)cc1. The minimum Gasteiger partial charge on any atom is -0.497 e. The number of hydrogen-bond acceptors (Lipinski definition) is 5. The molecule has 4 rings (SSSR count). The minimum atomic E-state index is -0.238. The third kappa shape index (κ3) is 4.45. The molecule has 1 atom stereocenters. The fourth-order valence-corrected chi connectivity index (χ4v) is 3.88. The molecule has 3 aromatic rings. The third-order valence-electron chi connectivity index (χ3n) is 5.66. The number of rotatable bonds is 6. The lowest BCUT2D eigenvalue weighted by molar-refractivity contribution is 0.150. The number of piperidine rings is 1. The fraction of sp³-hybridized carbons (Fsp3) is 0.409. The van der Waals surface area contributed by atoms with E-state index in [1.165, 1.54) is 12.1 Å². The summed E-state index contributed by atoms with van der Waals surface area (Å²) in [6.45, 7) is 4.80. The molecule has 1 aromatic heterocycles. The van der Waals surface area contributed by atoms with Gasteiger partial charge in [0.05, 0.1) is 19.7 Å². The van der Waals surface area contributed by atoms with E-state index in [1.807, 2.05) is 41.1 Å². The summed E-state index contributed by atoms with van der Waals surface area (Å²) in [5.41, 5.74) is 2.09. The van der Waals surface area contributed by atoms with Crippen LogP contribution in [0.2, 0.25) is 0 Å². The molecule has 0 aliphatic carbocycles. The van der Waals surface area contributed by atoms with Crippen LogP contribution in [-0.2, 0) is 6.54 Å². The fourth-order valence-electron chi connectivity index (χ4n) is 3.88. The topological polar surface area (TPSA) is 56.1 Å². The Hall–Kier alpha value is -2.80. The van der Waals surface area contributed by atoms with Crippen LogP contribution in [0.15, 0.2) is 48.5 Å². The Morgan fingerprint density at radius 3 is 2.41 bits per heavy atom. The first-order chi connectivity index (χ1) is 14.1. The molecule has 2 aromatic carbocycles. The molecule has 1 fully saturated rings. The highest BCUT2D eigenvalue weighted by atomic mass is 19.1. The van der Waals surface area contributed by atoms with Crippen LogP contribution in [0.4, 0.5) is 4.39 Å². The van der Waals surface area contributed by atoms with Crippen LogP contribution in [0.5, 0.6) is 5.75 Å². The number of methoxy groups -OCH3 is 1. The summed E-state index contributed by atoms with van der Waals surface area (Å²) >= 11 is 0. The van der Waals surface area contributed by atoms with Crippen molar-refractivity contribution in [3.63, 3.8) is 0 Å². The summed E-state index contributed by atoms with van der Waals surface area (Å²) in [6.07, 6.45) is 2.27. The number of tetrazole rings is 1. The number of halogens is 1. The average molecular weight is 395 g/mol. The molecule has 1 aliphatic rings. The van der Waals surface area contributed by atoms with Gasteiger partial charge in [0.25, 0.3) is 0 Å². The maximum Gasteiger partial charge on any atom is 0.173 e. The number of benzene rings is 2. The second-order valence-corrected chi connectivity index (χ2v) is 7.72. The molecule has 1 saturated heterocycles. The van der Waals surface area contributed by atoms with Gasteiger partial charge in [-0.15, -0.1) is 5.10 Å². The predicted molar refractivity (Wildman–Crippen MR) is 108 cm³/mol. The van der Waals surface area contributed by atoms with Crippen molar-refractivity contribution in [3.05, 3.63) is 71.3 Å². The van der Waals surface area contributed by atoms with Gasteiger partial charge in [0.1, 0.15) is 11.6 Å². The molecule has 6 nitrogen and oxygen atoms in total. The highest BCUT2D eigenvalue weighted by Crippen LogP contribution is 2.31. The summed E-state index contributed by atoms with van der Waals surface area (Å²) in [7, 11) is 1.65. The van der Waals surface area contributed by atoms with Crippen molar-refractivity contribution in [2.75, 3.05) is 20.2 Å². The van der Waals surface area contributed by atoms with Crippen molar-refractivity contribution in [2.45, 2.75) is 32.4 Å². The summed E-state index contributed by atoms with van der Waals surface area (Å²) in [6, 6.07) is 14.5. The number of likely N-dealkylation sites (tertiary alicyclic amines) is 1. The maximum atomic E-state index is 13.5. The van der Waals surface area contributed by atoms with Crippen molar-refractivity contribution in [1.29, 1.82) is 0 Å². The molecule has 0 spiro atoms. The molecule has 1 aliphatic heterocycles. The Kier molecular flexibility index (Phi) is 5.85. The van der Waals surface area contributed by atoms with Crippen molar-refractivity contribution >= 4 is 0 Å². The van der Waals surface area contributed by atoms with Crippen molar-refractivity contribution in [3.8, 4) is 5.75 Å². The monoisotopic (exact) mass is 395 g/mol. The van der Waals surface area contributed by atoms with Crippen LogP contribution < -0.4 is 4.74 Å². The number of hydrogen-bond donors (Lipinski definition) is 0. The van der Waals surface area contributed by atoms with Crippen molar-refractivity contribution in [2.24, 2.45) is 5.92 Å². The van der Waals surface area contributed by atoms with Gasteiger partial charge in [-0.25, -0.2) is 9.07 Å². The summed E-state index contributed by atoms with van der Waals surface area (Å²) < 4.78 is 20.6. The van der Waals surface area contributed by atoms with E-state index in [-0.39, 0.29) is 11.9 Å². The van der Waals surface area contributed by atoms with Crippen LogP contribution in [0.3, 0.4) is 0 Å². The standard InChI is InChI=1S/C22H26FN5O/c1-16-11-13-27(14-12-16)21(18-5-7-19(23)8-6-18)22-24-25-26-28(22)15-17-3-9-20(29-2)10-4-17/h3-10,16,21H,11-15H2,1-2H3/t21-/m1/s1. The lowest BCUT2D eigenvalue weighted by Gasteiger charge is -2.36. The molecular formula is C22H26FN5O. The van der Waals surface area contributed by atoms with E-state index in [4.69, 9.17) is 4.74 Å². The van der Waals surface area contributed by atoms with E-state index < -0.39 is 0 Å². The van der Waals surface area contributed by atoms with Crippen molar-refractivity contribution in [1.82, 2.24) is 25.1 Å². The van der Waals surface area contributed by atoms with E-state index in [0.29, 0.717) is 6.54 Å². The van der Waals surface area contributed by atoms with Gasteiger partial charge in [0.2, 0.25) is 0 Å². The van der Waals surface area contributed by atoms with Gasteiger partial charge in [0.15, 0.2) is 5.82 Å². The molecule has 0 unspecified atom stereocenters. The normalized spacial score (nSPS) is 16.7. The van der Waals surface area contributed by atoms with E-state index in [2.05, 4.69) is 27.3 Å². The second kappa shape index (κ2) is 8.69. The van der Waals surface area contributed by atoms with Gasteiger partial charge in [-0.05, 0) is 77.7 Å². The van der Waals surface area contributed by atoms with Crippen LogP contribution in [0, 0.1) is 11.7 Å². The Labute approximate surface area is 170 Å². The molecule has 0 saturated carbocycles. The lowest BCUT2D eigenvalue weighted by Crippen LogP contribution is -2.38. The first-order valence-electron chi connectivity index (χ1n) is 10.0. The van der Waals surface area contributed by atoms with E-state index in [1.54, 1.807) is 7.11 Å². The van der Waals surface area contributed by atoms with Gasteiger partial charge < -0.3 is 4.74 Å². The summed E-state index contributed by atoms with van der Waals surface area (Å²) in [5, 5.41) is 12.6. The molecule has 2 heterocycles. The first-order valence-corrected chi connectivity index (χ1v) is 10.0. The highest BCUT2D eigenvalue weighted by molar-refractivity contribution is 5.28. The first kappa shape index (κ1) is 19.5. The van der Waals surface area contributed by atoms with Crippen LogP contribution in [0.1, 0.15) is 42.8 Å². The average Bonchev–Trinajstić information content (AvgIpc) is 3.19. The van der Waals surface area contributed by atoms with Crippen molar-refractivity contribution < 1.29 is 9.13 Å². The zero-order chi connectivity index (χ0) is 20.2. The van der Waals surface area contributed by atoms with Gasteiger partial charge in [-0.1, -0.05) is 31.2 Å². The van der Waals surface area contributed by atoms with Gasteiger partial charge >= 0.3 is 0 Å². The quantitative estimate of drug-likeness (QED) is 0.637. The number of ether oxygens (including phenoxy) is 1. The van der Waals surface area contributed by atoms with E-state index >= 15 is 0 Å². The van der Waals surface area contributed by atoms with E-state index in [9.17, 15) is 4.39 Å². The number of nitrogens with zero attached hydrogens (tertiary/aromatic N) is 5. The zero-order valence-corrected chi connectivity index (χ0v) is 16.8. The molecule has 29 heavy (non-hydrogen) atoms. The second-order valence-electron chi connectivity index (χ2n) is 7.72.